The molecule has 1 amide bonds. The van der Waals surface area contributed by atoms with Gasteiger partial charge in [-0.25, -0.2) is 9.37 Å². The number of nitrogen functional groups attached to an aromatic ring is 1. The molecule has 0 bridgehead atoms. The van der Waals surface area contributed by atoms with Gasteiger partial charge in [0.25, 0.3) is 5.91 Å². The number of carbonyl (C=O) groups excluding carboxylic acids is 1. The normalized spacial score (nSPS) is 10.3. The van der Waals surface area contributed by atoms with Crippen LogP contribution in [-0.2, 0) is 0 Å². The van der Waals surface area contributed by atoms with Crippen molar-refractivity contribution in [2.45, 2.75) is 0 Å². The molecule has 2 rings (SSSR count). The Bertz CT molecular complexity index is 628. The lowest BCUT2D eigenvalue weighted by atomic mass is 10.3. The molecule has 0 aliphatic carbocycles. The van der Waals surface area contributed by atoms with Gasteiger partial charge in [0.15, 0.2) is 0 Å². The molecule has 98 valence electrons. The number of nitrogens with one attached hydrogen (secondary N) is 1. The second-order valence-corrected chi connectivity index (χ2v) is 4.91. The number of hydrogen-bond acceptors (Lipinski definition) is 3. The summed E-state index contributed by atoms with van der Waals surface area (Å²) in [5, 5.41) is 2.63. The number of nitrogens with two attached hydrogens (primary N) is 1. The van der Waals surface area contributed by atoms with Gasteiger partial charge in [-0.2, -0.15) is 0 Å². The van der Waals surface area contributed by atoms with Crippen LogP contribution in [0.1, 0.15) is 10.5 Å². The number of amides is 1. The zero-order valence-corrected chi connectivity index (χ0v) is 11.8. The highest BCUT2D eigenvalue weighted by atomic mass is 79.9. The van der Waals surface area contributed by atoms with E-state index in [4.69, 9.17) is 17.3 Å². The number of nitrogens with zero attached hydrogens (tertiary/aromatic N) is 1. The molecule has 3 N–H and O–H groups in total. The third-order valence-electron chi connectivity index (χ3n) is 2.25. The van der Waals surface area contributed by atoms with E-state index in [0.717, 1.165) is 6.07 Å². The van der Waals surface area contributed by atoms with Crippen LogP contribution in [-0.4, -0.2) is 10.9 Å². The Balaban J connectivity index is 2.29. The Morgan fingerprint density at radius 2 is 2.16 bits per heavy atom. The van der Waals surface area contributed by atoms with Crippen LogP contribution in [0.5, 0.6) is 0 Å². The summed E-state index contributed by atoms with van der Waals surface area (Å²) in [6, 6.07) is 7.00. The third kappa shape index (κ3) is 3.21. The fourth-order valence-corrected chi connectivity index (χ4v) is 2.32. The lowest BCUT2D eigenvalue weighted by Crippen LogP contribution is -2.15. The first-order valence-corrected chi connectivity index (χ1v) is 6.33. The van der Waals surface area contributed by atoms with Crippen molar-refractivity contribution < 1.29 is 9.18 Å². The first-order chi connectivity index (χ1) is 8.97. The van der Waals surface area contributed by atoms with Crippen LogP contribution >= 0.6 is 27.5 Å². The van der Waals surface area contributed by atoms with Gasteiger partial charge in [-0.15, -0.1) is 0 Å². The summed E-state index contributed by atoms with van der Waals surface area (Å²) in [5.74, 6) is -0.754. The van der Waals surface area contributed by atoms with Crippen molar-refractivity contribution in [2.24, 2.45) is 0 Å². The highest BCUT2D eigenvalue weighted by molar-refractivity contribution is 9.10. The summed E-state index contributed by atoms with van der Waals surface area (Å²) in [6.07, 6.45) is 0. The van der Waals surface area contributed by atoms with Crippen molar-refractivity contribution in [3.05, 3.63) is 51.3 Å². The first kappa shape index (κ1) is 13.8. The summed E-state index contributed by atoms with van der Waals surface area (Å²) in [7, 11) is 0. The molecule has 0 aliphatic heterocycles. The highest BCUT2D eigenvalue weighted by Crippen LogP contribution is 2.31. The topological polar surface area (TPSA) is 68.0 Å². The van der Waals surface area contributed by atoms with Crippen LogP contribution < -0.4 is 11.1 Å². The van der Waals surface area contributed by atoms with Crippen molar-refractivity contribution in [2.75, 3.05) is 11.1 Å². The molecule has 0 atom stereocenters. The van der Waals surface area contributed by atoms with Crippen LogP contribution in [0.25, 0.3) is 0 Å². The number of carbonyl (C=O) groups is 1. The summed E-state index contributed by atoms with van der Waals surface area (Å²) in [6.45, 7) is 0. The Morgan fingerprint density at radius 3 is 2.79 bits per heavy atom. The molecule has 1 heterocycles. The molecule has 0 spiro atoms. The van der Waals surface area contributed by atoms with Gasteiger partial charge < -0.3 is 11.1 Å². The number of pyridine rings is 1. The predicted octanol–water partition coefficient (Wildman–Crippen LogP) is 3.47. The fraction of sp³-hybridized carbons (Fsp3) is 0. The SMILES string of the molecule is Nc1cccc(C(=O)Nc2c(Cl)cc(F)cc2Br)n1. The zero-order valence-electron chi connectivity index (χ0n) is 9.45. The molecule has 0 saturated heterocycles. The monoisotopic (exact) mass is 343 g/mol. The molecule has 4 nitrogen and oxygen atoms in total. The molecule has 0 saturated carbocycles. The molecular weight excluding hydrogens is 337 g/mol. The smallest absolute Gasteiger partial charge is 0.274 e. The average Bonchev–Trinajstić information content (AvgIpc) is 2.33. The quantitative estimate of drug-likeness (QED) is 0.876. The van der Waals surface area contributed by atoms with Gasteiger partial charge in [-0.1, -0.05) is 17.7 Å². The van der Waals surface area contributed by atoms with E-state index in [2.05, 4.69) is 26.2 Å². The largest absolute Gasteiger partial charge is 0.384 e. The number of rotatable bonds is 2. The van der Waals surface area contributed by atoms with E-state index in [1.165, 1.54) is 12.1 Å². The van der Waals surface area contributed by atoms with E-state index in [9.17, 15) is 9.18 Å². The van der Waals surface area contributed by atoms with E-state index in [-0.39, 0.29) is 22.2 Å². The number of anilines is 2. The number of hydrogen-bond donors (Lipinski definition) is 2. The number of aromatic nitrogens is 1. The van der Waals surface area contributed by atoms with Gasteiger partial charge in [-0.05, 0) is 40.2 Å². The molecule has 2 aromatic rings. The van der Waals surface area contributed by atoms with Crippen LogP contribution in [0, 0.1) is 5.82 Å². The minimum Gasteiger partial charge on any atom is -0.384 e. The fourth-order valence-electron chi connectivity index (χ4n) is 1.42. The van der Waals surface area contributed by atoms with Crippen molar-refractivity contribution >= 4 is 44.9 Å². The maximum atomic E-state index is 13.1. The molecule has 7 heteroatoms. The van der Waals surface area contributed by atoms with Crippen LogP contribution in [0.15, 0.2) is 34.8 Å². The Morgan fingerprint density at radius 1 is 1.42 bits per heavy atom. The first-order valence-electron chi connectivity index (χ1n) is 5.16. The van der Waals surface area contributed by atoms with Crippen molar-refractivity contribution in [3.8, 4) is 0 Å². The van der Waals surface area contributed by atoms with Crippen LogP contribution in [0.4, 0.5) is 15.9 Å². The summed E-state index contributed by atoms with van der Waals surface area (Å²) < 4.78 is 13.4. The van der Waals surface area contributed by atoms with Crippen LogP contribution in [0.2, 0.25) is 5.02 Å². The molecule has 0 radical (unpaired) electrons. The second kappa shape index (κ2) is 5.54. The molecular formula is C12H8BrClFN3O. The van der Waals surface area contributed by atoms with E-state index in [1.807, 2.05) is 0 Å². The summed E-state index contributed by atoms with van der Waals surface area (Å²) in [4.78, 5) is 15.8. The van der Waals surface area contributed by atoms with Gasteiger partial charge in [0.05, 0.1) is 10.7 Å². The highest BCUT2D eigenvalue weighted by Gasteiger charge is 2.13. The van der Waals surface area contributed by atoms with E-state index in [0.29, 0.717) is 4.47 Å². The minimum absolute atomic E-state index is 0.0872. The van der Waals surface area contributed by atoms with E-state index >= 15 is 0 Å². The number of benzene rings is 1. The Hall–Kier alpha value is -1.66. The second-order valence-electron chi connectivity index (χ2n) is 3.65. The summed E-state index contributed by atoms with van der Waals surface area (Å²) >= 11 is 9.00. The number of halogens is 3. The molecule has 19 heavy (non-hydrogen) atoms. The van der Waals surface area contributed by atoms with Crippen LogP contribution in [0.3, 0.4) is 0 Å². The Kier molecular flexibility index (Phi) is 4.01. The lowest BCUT2D eigenvalue weighted by molar-refractivity contribution is 0.102. The molecule has 1 aromatic carbocycles. The minimum atomic E-state index is -0.503. The standard InChI is InChI=1S/C12H8BrClFN3O/c13-7-4-6(15)5-8(14)11(7)18-12(19)9-2-1-3-10(16)17-9/h1-5H,(H2,16,17)(H,18,19). The molecule has 0 fully saturated rings. The zero-order chi connectivity index (χ0) is 14.0. The van der Waals surface area contributed by atoms with Gasteiger partial charge in [-0.3, -0.25) is 4.79 Å². The van der Waals surface area contributed by atoms with E-state index in [1.54, 1.807) is 12.1 Å². The van der Waals surface area contributed by atoms with Crippen molar-refractivity contribution in [1.29, 1.82) is 0 Å². The average molecular weight is 345 g/mol. The van der Waals surface area contributed by atoms with E-state index < -0.39 is 11.7 Å². The lowest BCUT2D eigenvalue weighted by Gasteiger charge is -2.09. The third-order valence-corrected chi connectivity index (χ3v) is 3.17. The van der Waals surface area contributed by atoms with Gasteiger partial charge in [0, 0.05) is 4.47 Å². The van der Waals surface area contributed by atoms with Gasteiger partial charge in [0.1, 0.15) is 17.3 Å². The molecule has 0 aliphatic rings. The molecule has 1 aromatic heterocycles. The maximum absolute atomic E-state index is 13.1. The predicted molar refractivity (Wildman–Crippen MR) is 75.7 cm³/mol. The van der Waals surface area contributed by atoms with Gasteiger partial charge >= 0.3 is 0 Å². The Labute approximate surface area is 121 Å². The van der Waals surface area contributed by atoms with Crippen molar-refractivity contribution in [3.63, 3.8) is 0 Å². The van der Waals surface area contributed by atoms with Crippen molar-refractivity contribution in [1.82, 2.24) is 4.98 Å². The van der Waals surface area contributed by atoms with Gasteiger partial charge in [0.2, 0.25) is 0 Å². The molecule has 0 unspecified atom stereocenters. The summed E-state index contributed by atoms with van der Waals surface area (Å²) in [5.41, 5.74) is 5.91. The maximum Gasteiger partial charge on any atom is 0.274 e.